The summed E-state index contributed by atoms with van der Waals surface area (Å²) in [5.41, 5.74) is 0. The van der Waals surface area contributed by atoms with E-state index in [2.05, 4.69) is 62.5 Å². The number of likely N-dealkylation sites (N-methyl/N-ethyl adjacent to an activating group) is 1. The Morgan fingerprint density at radius 1 is 0.432 bits per heavy atom. The molecule has 0 fully saturated rings. The van der Waals surface area contributed by atoms with Gasteiger partial charge in [0.05, 0.1) is 33.8 Å². The summed E-state index contributed by atoms with van der Waals surface area (Å²) >= 11 is 0. The molecule has 81 heavy (non-hydrogen) atoms. The van der Waals surface area contributed by atoms with E-state index >= 15 is 0 Å². The number of hydrogen-bond donors (Lipinski definition) is 2. The lowest BCUT2D eigenvalue weighted by Gasteiger charge is -2.27. The molecule has 0 aromatic carbocycles. The van der Waals surface area contributed by atoms with Gasteiger partial charge in [0.2, 0.25) is 5.91 Å². The van der Waals surface area contributed by atoms with Crippen LogP contribution in [0.15, 0.2) is 48.6 Å². The first kappa shape index (κ1) is 79.0. The molecule has 0 aliphatic heterocycles. The Hall–Kier alpha value is -2.03. The third-order valence-electron chi connectivity index (χ3n) is 15.8. The number of allylic oxidation sites excluding steroid dienone is 7. The highest BCUT2D eigenvalue weighted by atomic mass is 31.2. The summed E-state index contributed by atoms with van der Waals surface area (Å²) in [5.74, 6) is -0.492. The molecule has 2 N–H and O–H groups in total. The smallest absolute Gasteiger partial charge is 0.456 e. The summed E-state index contributed by atoms with van der Waals surface area (Å²) in [5, 5.41) is 3.07. The van der Waals surface area contributed by atoms with E-state index in [1.165, 1.54) is 238 Å². The van der Waals surface area contributed by atoms with Crippen LogP contribution in [0.3, 0.4) is 0 Å². The first-order valence-electron chi connectivity index (χ1n) is 35.0. The fraction of sp³-hybridized carbons (Fsp3) is 0.859. The Morgan fingerprint density at radius 3 is 1.15 bits per heavy atom. The van der Waals surface area contributed by atoms with Crippen molar-refractivity contribution in [3.05, 3.63) is 48.6 Å². The van der Waals surface area contributed by atoms with E-state index in [0.717, 1.165) is 70.6 Å². The summed E-state index contributed by atoms with van der Waals surface area (Å²) < 4.78 is 30.8. The highest BCUT2D eigenvalue weighted by molar-refractivity contribution is 7.47. The van der Waals surface area contributed by atoms with Crippen LogP contribution in [0.5, 0.6) is 0 Å². The summed E-state index contributed by atoms with van der Waals surface area (Å²) in [4.78, 5) is 37.9. The van der Waals surface area contributed by atoms with Gasteiger partial charge >= 0.3 is 13.8 Å². The van der Waals surface area contributed by atoms with Crippen LogP contribution in [-0.4, -0.2) is 74.3 Å². The van der Waals surface area contributed by atoms with Crippen LogP contribution in [0.25, 0.3) is 0 Å². The van der Waals surface area contributed by atoms with E-state index < -0.39 is 20.0 Å². The molecule has 0 aliphatic carbocycles. The molecule has 0 aliphatic rings. The lowest BCUT2D eigenvalue weighted by molar-refractivity contribution is -0.870. The standard InChI is InChI=1S/C71H135N2O7P/c1-7-10-13-16-19-22-25-28-30-32-34-35-36-37-39-40-42-45-48-51-54-57-60-63-70(74)72-68(67-79-81(76,77)78-66-65-73(4,5)6)69(62-59-56-53-50-47-44-27-24-21-18-15-12-9-3)80-71(75)64-61-58-55-52-49-46-43-41-38-33-31-29-26-23-20-17-14-11-8-2/h19,22,28,30,34-35,59,62,68-69H,7-18,20-21,23-27,29,31-33,36-58,60-61,63-67H2,1-6H3,(H-,72,74,76,77)/p+1/b22-19-,30-28-,35-34-,62-59+. The Morgan fingerprint density at radius 2 is 0.753 bits per heavy atom. The molecule has 3 atom stereocenters. The Balaban J connectivity index is 5.13. The van der Waals surface area contributed by atoms with Crippen molar-refractivity contribution in [3.63, 3.8) is 0 Å². The predicted molar refractivity (Wildman–Crippen MR) is 351 cm³/mol. The van der Waals surface area contributed by atoms with Crippen LogP contribution in [0.4, 0.5) is 0 Å². The second-order valence-electron chi connectivity index (χ2n) is 25.1. The van der Waals surface area contributed by atoms with Crippen molar-refractivity contribution in [1.29, 1.82) is 0 Å². The molecule has 3 unspecified atom stereocenters. The van der Waals surface area contributed by atoms with Crippen LogP contribution in [0, 0.1) is 0 Å². The van der Waals surface area contributed by atoms with Gasteiger partial charge in [-0.2, -0.15) is 0 Å². The summed E-state index contributed by atoms with van der Waals surface area (Å²) in [7, 11) is 1.51. The maximum Gasteiger partial charge on any atom is 0.472 e. The van der Waals surface area contributed by atoms with Crippen molar-refractivity contribution in [1.82, 2.24) is 5.32 Å². The quantitative estimate of drug-likeness (QED) is 0.0205. The molecule has 476 valence electrons. The number of amides is 1. The normalized spacial score (nSPS) is 13.8. The molecule has 9 nitrogen and oxygen atoms in total. The van der Waals surface area contributed by atoms with Crippen molar-refractivity contribution >= 4 is 19.7 Å². The van der Waals surface area contributed by atoms with Gasteiger partial charge in [-0.15, -0.1) is 0 Å². The van der Waals surface area contributed by atoms with Crippen LogP contribution in [0.1, 0.15) is 342 Å². The minimum Gasteiger partial charge on any atom is -0.456 e. The van der Waals surface area contributed by atoms with Crippen molar-refractivity contribution in [2.45, 2.75) is 354 Å². The molecule has 0 heterocycles. The van der Waals surface area contributed by atoms with Crippen LogP contribution < -0.4 is 5.32 Å². The molecular weight excluding hydrogens is 1020 g/mol. The zero-order valence-corrected chi connectivity index (χ0v) is 55.4. The van der Waals surface area contributed by atoms with E-state index in [1.807, 2.05) is 33.3 Å². The summed E-state index contributed by atoms with van der Waals surface area (Å²) in [6, 6.07) is -0.849. The van der Waals surface area contributed by atoms with E-state index in [1.54, 1.807) is 0 Å². The molecule has 0 spiro atoms. The number of ether oxygens (including phenoxy) is 1. The fourth-order valence-electron chi connectivity index (χ4n) is 10.4. The first-order valence-corrected chi connectivity index (χ1v) is 36.5. The minimum atomic E-state index is -4.45. The molecule has 0 rings (SSSR count). The minimum absolute atomic E-state index is 0.0410. The van der Waals surface area contributed by atoms with Gasteiger partial charge < -0.3 is 19.4 Å². The third kappa shape index (κ3) is 62.3. The monoisotopic (exact) mass is 1160 g/mol. The van der Waals surface area contributed by atoms with Gasteiger partial charge in [-0.25, -0.2) is 4.57 Å². The highest BCUT2D eigenvalue weighted by Crippen LogP contribution is 2.43. The average Bonchev–Trinajstić information content (AvgIpc) is 3.44. The molecule has 0 saturated carbocycles. The molecule has 0 aromatic heterocycles. The Labute approximate surface area is 503 Å². The largest absolute Gasteiger partial charge is 0.472 e. The van der Waals surface area contributed by atoms with E-state index in [-0.39, 0.29) is 25.1 Å². The molecular formula is C71H136N2O7P+. The maximum absolute atomic E-state index is 13.6. The third-order valence-corrected chi connectivity index (χ3v) is 16.8. The SMILES string of the molecule is CCCCC/C=C\C/C=C\C/C=C\CCCCCCCCCCCCC(=O)NC(COP(=O)(O)OCC[N+](C)(C)C)C(/C=C/CCCCCCCCCCCCC)OC(=O)CCCCCCCCCCCCCCCCCCCCC. The topological polar surface area (TPSA) is 111 Å². The number of nitrogens with zero attached hydrogens (tertiary/aromatic N) is 1. The molecule has 0 bridgehead atoms. The zero-order chi connectivity index (χ0) is 59.3. The van der Waals surface area contributed by atoms with Gasteiger partial charge in [0, 0.05) is 12.8 Å². The molecule has 1 amide bonds. The molecule has 10 heteroatoms. The van der Waals surface area contributed by atoms with Gasteiger partial charge in [0.15, 0.2) is 0 Å². The number of quaternary nitrogens is 1. The lowest BCUT2D eigenvalue weighted by atomic mass is 10.0. The van der Waals surface area contributed by atoms with Gasteiger partial charge in [-0.1, -0.05) is 307 Å². The molecule has 0 aromatic rings. The zero-order valence-electron chi connectivity index (χ0n) is 54.5. The Bertz CT molecular complexity index is 1520. The van der Waals surface area contributed by atoms with Crippen molar-refractivity contribution < 1.29 is 37.3 Å². The number of hydrogen-bond acceptors (Lipinski definition) is 6. The highest BCUT2D eigenvalue weighted by Gasteiger charge is 2.30. The van der Waals surface area contributed by atoms with Crippen molar-refractivity contribution in [2.24, 2.45) is 0 Å². The van der Waals surface area contributed by atoms with Gasteiger partial charge in [-0.3, -0.25) is 18.6 Å². The maximum atomic E-state index is 13.6. The number of carbonyl (C=O) groups excluding carboxylic acids is 2. The average molecular weight is 1160 g/mol. The van der Waals surface area contributed by atoms with E-state index in [0.29, 0.717) is 23.9 Å². The van der Waals surface area contributed by atoms with E-state index in [4.69, 9.17) is 13.8 Å². The number of nitrogens with one attached hydrogen (secondary N) is 1. The van der Waals surface area contributed by atoms with Gasteiger partial charge in [0.1, 0.15) is 19.3 Å². The summed E-state index contributed by atoms with van der Waals surface area (Å²) in [6.07, 6.45) is 76.8. The molecule has 0 saturated heterocycles. The van der Waals surface area contributed by atoms with Crippen LogP contribution in [0.2, 0.25) is 0 Å². The number of esters is 1. The van der Waals surface area contributed by atoms with Crippen LogP contribution in [-0.2, 0) is 27.9 Å². The Kier molecular flexibility index (Phi) is 59.5. The van der Waals surface area contributed by atoms with Crippen molar-refractivity contribution in [2.75, 3.05) is 40.9 Å². The number of phosphoric ester groups is 1. The predicted octanol–water partition coefficient (Wildman–Crippen LogP) is 22.0. The van der Waals surface area contributed by atoms with Crippen LogP contribution >= 0.6 is 7.82 Å². The van der Waals surface area contributed by atoms with E-state index in [9.17, 15) is 19.0 Å². The number of carbonyl (C=O) groups is 2. The second-order valence-corrected chi connectivity index (χ2v) is 26.5. The van der Waals surface area contributed by atoms with Gasteiger partial charge in [0.25, 0.3) is 0 Å². The first-order chi connectivity index (χ1) is 39.4. The fourth-order valence-corrected chi connectivity index (χ4v) is 11.1. The number of rotatable bonds is 64. The number of phosphoric acid groups is 1. The molecule has 0 radical (unpaired) electrons. The lowest BCUT2D eigenvalue weighted by Crippen LogP contribution is -2.47. The second kappa shape index (κ2) is 61.1. The van der Waals surface area contributed by atoms with Gasteiger partial charge in [-0.05, 0) is 70.3 Å². The summed E-state index contributed by atoms with van der Waals surface area (Å²) in [6.45, 7) is 7.04. The van der Waals surface area contributed by atoms with Crippen molar-refractivity contribution in [3.8, 4) is 0 Å². The number of unbranched alkanes of at least 4 members (excludes halogenated alkanes) is 42.